The minimum Gasteiger partial charge on any atom is -0.321 e. The third kappa shape index (κ3) is 3.33. The molecule has 0 unspecified atom stereocenters. The Morgan fingerprint density at radius 2 is 1.70 bits per heavy atom. The lowest BCUT2D eigenvalue weighted by atomic mass is 10.0. The highest BCUT2D eigenvalue weighted by molar-refractivity contribution is 6.44. The van der Waals surface area contributed by atoms with Crippen LogP contribution in [0, 0.1) is 0 Å². The summed E-state index contributed by atoms with van der Waals surface area (Å²) in [7, 11) is 0. The van der Waals surface area contributed by atoms with Crippen LogP contribution in [0.5, 0.6) is 0 Å². The fraction of sp³-hybridized carbons (Fsp3) is 0.188. The largest absolute Gasteiger partial charge is 0.321 e. The summed E-state index contributed by atoms with van der Waals surface area (Å²) in [5.41, 5.74) is 2.30. The second-order valence-electron chi connectivity index (χ2n) is 4.83. The Bertz CT molecular complexity index is 621. The van der Waals surface area contributed by atoms with Crippen molar-refractivity contribution in [3.05, 3.63) is 63.6 Å². The van der Waals surface area contributed by atoms with Crippen LogP contribution < -0.4 is 5.32 Å². The maximum absolute atomic E-state index is 12.1. The molecule has 0 aliphatic carbocycles. The number of halogens is 2. The number of hydrogen-bond acceptors (Lipinski definition) is 1. The first-order valence-electron chi connectivity index (χ1n) is 6.34. The van der Waals surface area contributed by atoms with E-state index in [4.69, 9.17) is 23.2 Å². The lowest BCUT2D eigenvalue weighted by Crippen LogP contribution is -2.12. The Morgan fingerprint density at radius 3 is 2.30 bits per heavy atom. The molecule has 0 heterocycles. The summed E-state index contributed by atoms with van der Waals surface area (Å²) in [6, 6.07) is 12.7. The molecule has 0 aliphatic rings. The first-order valence-corrected chi connectivity index (χ1v) is 7.10. The monoisotopic (exact) mass is 307 g/mol. The number of amides is 1. The van der Waals surface area contributed by atoms with Gasteiger partial charge < -0.3 is 5.32 Å². The van der Waals surface area contributed by atoms with Gasteiger partial charge >= 0.3 is 0 Å². The lowest BCUT2D eigenvalue weighted by molar-refractivity contribution is 0.102. The first kappa shape index (κ1) is 14.9. The topological polar surface area (TPSA) is 29.1 Å². The number of benzene rings is 2. The van der Waals surface area contributed by atoms with Gasteiger partial charge in [0.05, 0.1) is 15.7 Å². The maximum Gasteiger partial charge on any atom is 0.255 e. The average molecular weight is 308 g/mol. The fourth-order valence-corrected chi connectivity index (χ4v) is 2.16. The molecule has 0 aromatic heterocycles. The number of carbonyl (C=O) groups excluding carboxylic acids is 1. The number of nitrogens with one attached hydrogen (secondary N) is 1. The number of rotatable bonds is 3. The van der Waals surface area contributed by atoms with Crippen LogP contribution in [0.4, 0.5) is 5.69 Å². The van der Waals surface area contributed by atoms with E-state index in [0.29, 0.717) is 27.2 Å². The van der Waals surface area contributed by atoms with Gasteiger partial charge in [-0.05, 0) is 35.7 Å². The highest BCUT2D eigenvalue weighted by Crippen LogP contribution is 2.29. The van der Waals surface area contributed by atoms with Crippen molar-refractivity contribution in [3.8, 4) is 0 Å². The number of carbonyl (C=O) groups is 1. The lowest BCUT2D eigenvalue weighted by Gasteiger charge is -2.09. The molecular formula is C16H15Cl2NO. The van der Waals surface area contributed by atoms with Gasteiger partial charge in [0.25, 0.3) is 5.91 Å². The van der Waals surface area contributed by atoms with Gasteiger partial charge in [-0.15, -0.1) is 0 Å². The quantitative estimate of drug-likeness (QED) is 0.811. The molecule has 1 N–H and O–H groups in total. The molecule has 0 fully saturated rings. The van der Waals surface area contributed by atoms with E-state index in [2.05, 4.69) is 19.2 Å². The van der Waals surface area contributed by atoms with E-state index in [1.54, 1.807) is 18.2 Å². The summed E-state index contributed by atoms with van der Waals surface area (Å²) in [6.07, 6.45) is 0. The van der Waals surface area contributed by atoms with Crippen molar-refractivity contribution in [3.63, 3.8) is 0 Å². The zero-order valence-electron chi connectivity index (χ0n) is 11.3. The van der Waals surface area contributed by atoms with Crippen molar-refractivity contribution in [2.45, 2.75) is 19.8 Å². The number of hydrogen-bond donors (Lipinski definition) is 1. The van der Waals surface area contributed by atoms with Gasteiger partial charge in [-0.1, -0.05) is 55.2 Å². The molecule has 2 aromatic carbocycles. The first-order chi connectivity index (χ1) is 9.49. The van der Waals surface area contributed by atoms with Crippen LogP contribution in [0.3, 0.4) is 0 Å². The van der Waals surface area contributed by atoms with Crippen LogP contribution in [0.15, 0.2) is 42.5 Å². The van der Waals surface area contributed by atoms with E-state index in [1.165, 1.54) is 5.56 Å². The van der Waals surface area contributed by atoms with Gasteiger partial charge in [-0.3, -0.25) is 4.79 Å². The molecule has 0 radical (unpaired) electrons. The minimum absolute atomic E-state index is 0.204. The Hall–Kier alpha value is -1.51. The summed E-state index contributed by atoms with van der Waals surface area (Å²) >= 11 is 12.0. The molecule has 2 nitrogen and oxygen atoms in total. The van der Waals surface area contributed by atoms with Crippen molar-refractivity contribution in [2.24, 2.45) is 0 Å². The Kier molecular flexibility index (Phi) is 4.69. The molecule has 4 heteroatoms. The van der Waals surface area contributed by atoms with Crippen molar-refractivity contribution < 1.29 is 4.79 Å². The number of anilines is 1. The zero-order valence-corrected chi connectivity index (χ0v) is 12.8. The predicted octanol–water partition coefficient (Wildman–Crippen LogP) is 5.37. The molecule has 2 rings (SSSR count). The summed E-state index contributed by atoms with van der Waals surface area (Å²) in [5, 5.41) is 3.53. The van der Waals surface area contributed by atoms with Crippen LogP contribution in [0.25, 0.3) is 0 Å². The van der Waals surface area contributed by atoms with Gasteiger partial charge in [-0.2, -0.15) is 0 Å². The van der Waals surface area contributed by atoms with Gasteiger partial charge in [0, 0.05) is 5.56 Å². The smallest absolute Gasteiger partial charge is 0.255 e. The maximum atomic E-state index is 12.1. The van der Waals surface area contributed by atoms with Gasteiger partial charge in [0.2, 0.25) is 0 Å². The van der Waals surface area contributed by atoms with Gasteiger partial charge in [-0.25, -0.2) is 0 Å². The van der Waals surface area contributed by atoms with E-state index in [9.17, 15) is 4.79 Å². The van der Waals surface area contributed by atoms with E-state index >= 15 is 0 Å². The highest BCUT2D eigenvalue weighted by atomic mass is 35.5. The minimum atomic E-state index is -0.204. The molecule has 1 amide bonds. The summed E-state index contributed by atoms with van der Waals surface area (Å²) in [6.45, 7) is 4.22. The van der Waals surface area contributed by atoms with Crippen molar-refractivity contribution >= 4 is 34.8 Å². The Labute approximate surface area is 128 Å². The van der Waals surface area contributed by atoms with E-state index in [1.807, 2.05) is 24.3 Å². The fourth-order valence-electron chi connectivity index (χ4n) is 1.81. The molecule has 104 valence electrons. The second kappa shape index (κ2) is 6.29. The van der Waals surface area contributed by atoms with Crippen LogP contribution in [-0.2, 0) is 0 Å². The van der Waals surface area contributed by atoms with E-state index in [-0.39, 0.29) is 5.91 Å². The summed E-state index contributed by atoms with van der Waals surface area (Å²) in [5.74, 6) is 0.235. The normalized spacial score (nSPS) is 10.7. The van der Waals surface area contributed by atoms with Crippen LogP contribution >= 0.6 is 23.2 Å². The molecule has 0 atom stereocenters. The predicted molar refractivity (Wildman–Crippen MR) is 84.9 cm³/mol. The van der Waals surface area contributed by atoms with Gasteiger partial charge in [0.15, 0.2) is 0 Å². The molecule has 0 spiro atoms. The van der Waals surface area contributed by atoms with E-state index in [0.717, 1.165) is 0 Å². The SMILES string of the molecule is CC(C)c1ccc(C(=O)Nc2cccc(Cl)c2Cl)cc1. The molecular weight excluding hydrogens is 293 g/mol. The Morgan fingerprint density at radius 1 is 1.05 bits per heavy atom. The summed E-state index contributed by atoms with van der Waals surface area (Å²) < 4.78 is 0. The molecule has 0 saturated carbocycles. The van der Waals surface area contributed by atoms with Crippen molar-refractivity contribution in [1.82, 2.24) is 0 Å². The summed E-state index contributed by atoms with van der Waals surface area (Å²) in [4.78, 5) is 12.1. The van der Waals surface area contributed by atoms with Crippen LogP contribution in [0.2, 0.25) is 10.0 Å². The van der Waals surface area contributed by atoms with Crippen LogP contribution in [0.1, 0.15) is 35.7 Å². The highest BCUT2D eigenvalue weighted by Gasteiger charge is 2.10. The third-order valence-electron chi connectivity index (χ3n) is 3.04. The molecule has 0 aliphatic heterocycles. The Balaban J connectivity index is 2.18. The average Bonchev–Trinajstić information content (AvgIpc) is 2.44. The molecule has 0 bridgehead atoms. The molecule has 2 aromatic rings. The standard InChI is InChI=1S/C16H15Cl2NO/c1-10(2)11-6-8-12(9-7-11)16(20)19-14-5-3-4-13(17)15(14)18/h3-10H,1-2H3,(H,19,20). The van der Waals surface area contributed by atoms with Crippen molar-refractivity contribution in [1.29, 1.82) is 0 Å². The zero-order chi connectivity index (χ0) is 14.7. The second-order valence-corrected chi connectivity index (χ2v) is 5.62. The molecule has 0 saturated heterocycles. The van der Waals surface area contributed by atoms with Gasteiger partial charge in [0.1, 0.15) is 0 Å². The third-order valence-corrected chi connectivity index (χ3v) is 3.86. The van der Waals surface area contributed by atoms with Crippen molar-refractivity contribution in [2.75, 3.05) is 5.32 Å². The molecule has 20 heavy (non-hydrogen) atoms. The van der Waals surface area contributed by atoms with Crippen LogP contribution in [-0.4, -0.2) is 5.91 Å². The van der Waals surface area contributed by atoms with E-state index < -0.39 is 0 Å².